The van der Waals surface area contributed by atoms with Gasteiger partial charge < -0.3 is 20.1 Å². The molecule has 2 heterocycles. The summed E-state index contributed by atoms with van der Waals surface area (Å²) >= 11 is 0. The number of rotatable bonds is 5. The third-order valence-electron chi connectivity index (χ3n) is 7.07. The van der Waals surface area contributed by atoms with E-state index < -0.39 is 0 Å². The zero-order valence-electron chi connectivity index (χ0n) is 16.8. The van der Waals surface area contributed by atoms with Gasteiger partial charge in [-0.2, -0.15) is 0 Å². The molecule has 156 valence electrons. The molecule has 3 fully saturated rings. The van der Waals surface area contributed by atoms with Gasteiger partial charge in [0, 0.05) is 57.4 Å². The molecule has 2 bridgehead atoms. The zero-order valence-corrected chi connectivity index (χ0v) is 17.6. The van der Waals surface area contributed by atoms with Gasteiger partial charge in [-0.1, -0.05) is 18.6 Å². The fourth-order valence-corrected chi connectivity index (χ4v) is 5.81. The topological polar surface area (TPSA) is 64.8 Å². The Kier molecular flexibility index (Phi) is 7.02. The smallest absolute Gasteiger partial charge is 0.248 e. The third-order valence-corrected chi connectivity index (χ3v) is 7.07. The molecule has 2 N–H and O–H groups in total. The molecule has 1 aromatic rings. The van der Waals surface area contributed by atoms with E-state index in [2.05, 4.69) is 11.0 Å². The molecule has 28 heavy (non-hydrogen) atoms. The molecule has 2 aliphatic heterocycles. The van der Waals surface area contributed by atoms with E-state index in [0.29, 0.717) is 17.4 Å². The number of carbonyl (C=O) groups excluding carboxylic acids is 1. The number of nitrogens with two attached hydrogens (primary N) is 1. The molecule has 0 aromatic heterocycles. The molecular formula is C22H33ClN2O3. The van der Waals surface area contributed by atoms with Gasteiger partial charge in [-0.25, -0.2) is 0 Å². The Morgan fingerprint density at radius 1 is 1.21 bits per heavy atom. The standard InChI is InChI=1S/C22H32N2O3.ClH/c1-26-22(18-5-2-4-17(12-18)21(23)25)19-6-3-7-20(22)15-24(14-19)13-16-8-10-27-11-9-16;/h2,4-5,12,16,19-20H,3,6-11,13-15H2,1H3,(H2,23,25);1H/t19-,20+,22-;. The summed E-state index contributed by atoms with van der Waals surface area (Å²) in [6, 6.07) is 7.83. The number of primary amides is 1. The summed E-state index contributed by atoms with van der Waals surface area (Å²) in [6.07, 6.45) is 5.98. The normalized spacial score (nSPS) is 31.2. The van der Waals surface area contributed by atoms with E-state index >= 15 is 0 Å². The Balaban J connectivity index is 0.00000225. The summed E-state index contributed by atoms with van der Waals surface area (Å²) in [5.74, 6) is 1.30. The lowest BCUT2D eigenvalue weighted by Crippen LogP contribution is -2.59. The summed E-state index contributed by atoms with van der Waals surface area (Å²) in [5, 5.41) is 0. The maximum Gasteiger partial charge on any atom is 0.248 e. The van der Waals surface area contributed by atoms with Gasteiger partial charge in [-0.3, -0.25) is 4.79 Å². The molecule has 1 aromatic carbocycles. The van der Waals surface area contributed by atoms with Gasteiger partial charge in [0.25, 0.3) is 0 Å². The molecule has 0 spiro atoms. The van der Waals surface area contributed by atoms with E-state index in [-0.39, 0.29) is 23.9 Å². The second kappa shape index (κ2) is 9.12. The van der Waals surface area contributed by atoms with Crippen molar-refractivity contribution < 1.29 is 14.3 Å². The monoisotopic (exact) mass is 408 g/mol. The summed E-state index contributed by atoms with van der Waals surface area (Å²) in [4.78, 5) is 14.4. The SMILES string of the molecule is CO[C@]1(c2cccc(C(N)=O)c2)[C@@H]2CCC[C@H]1CN(CC1CCOCC1)C2.Cl. The van der Waals surface area contributed by atoms with Crippen LogP contribution in [-0.2, 0) is 15.1 Å². The van der Waals surface area contributed by atoms with Crippen molar-refractivity contribution in [2.45, 2.75) is 37.7 Å². The number of halogens is 1. The highest BCUT2D eigenvalue weighted by Crippen LogP contribution is 2.51. The Labute approximate surface area is 174 Å². The van der Waals surface area contributed by atoms with Gasteiger partial charge in [-0.15, -0.1) is 12.4 Å². The van der Waals surface area contributed by atoms with Crippen molar-refractivity contribution in [3.63, 3.8) is 0 Å². The van der Waals surface area contributed by atoms with Gasteiger partial charge in [-0.05, 0) is 49.3 Å². The maximum atomic E-state index is 11.7. The minimum absolute atomic E-state index is 0. The number of hydrogen-bond acceptors (Lipinski definition) is 4. The van der Waals surface area contributed by atoms with E-state index in [1.54, 1.807) is 6.07 Å². The van der Waals surface area contributed by atoms with Crippen molar-refractivity contribution in [2.75, 3.05) is 40.0 Å². The second-order valence-electron chi connectivity index (χ2n) is 8.54. The van der Waals surface area contributed by atoms with E-state index in [0.717, 1.165) is 37.8 Å². The Morgan fingerprint density at radius 3 is 2.50 bits per heavy atom. The Bertz CT molecular complexity index is 664. The van der Waals surface area contributed by atoms with Crippen LogP contribution in [0, 0.1) is 17.8 Å². The summed E-state index contributed by atoms with van der Waals surface area (Å²) in [7, 11) is 1.84. The van der Waals surface area contributed by atoms with Crippen LogP contribution >= 0.6 is 12.4 Å². The van der Waals surface area contributed by atoms with Gasteiger partial charge in [0.05, 0.1) is 0 Å². The molecule has 3 atom stereocenters. The number of likely N-dealkylation sites (tertiary alicyclic amines) is 1. The fraction of sp³-hybridized carbons (Fsp3) is 0.682. The lowest BCUT2D eigenvalue weighted by Gasteiger charge is -2.56. The van der Waals surface area contributed by atoms with Crippen molar-refractivity contribution in [3.05, 3.63) is 35.4 Å². The molecule has 1 saturated carbocycles. The number of amides is 1. The highest BCUT2D eigenvalue weighted by molar-refractivity contribution is 5.92. The minimum atomic E-state index is -0.370. The number of hydrogen-bond donors (Lipinski definition) is 1. The summed E-state index contributed by atoms with van der Waals surface area (Å²) < 4.78 is 11.8. The molecule has 6 heteroatoms. The first kappa shape index (κ1) is 21.6. The van der Waals surface area contributed by atoms with Crippen molar-refractivity contribution in [1.29, 1.82) is 0 Å². The molecule has 1 aliphatic carbocycles. The summed E-state index contributed by atoms with van der Waals surface area (Å²) in [5.41, 5.74) is 6.95. The molecule has 2 saturated heterocycles. The first-order chi connectivity index (χ1) is 13.1. The van der Waals surface area contributed by atoms with Crippen LogP contribution < -0.4 is 5.73 Å². The summed E-state index contributed by atoms with van der Waals surface area (Å²) in [6.45, 7) is 5.14. The van der Waals surface area contributed by atoms with Crippen molar-refractivity contribution in [3.8, 4) is 0 Å². The number of carbonyl (C=O) groups is 1. The van der Waals surface area contributed by atoms with Crippen molar-refractivity contribution in [1.82, 2.24) is 4.90 Å². The van der Waals surface area contributed by atoms with Crippen LogP contribution in [0.4, 0.5) is 0 Å². The lowest BCUT2D eigenvalue weighted by molar-refractivity contribution is -0.171. The molecule has 5 nitrogen and oxygen atoms in total. The average Bonchev–Trinajstić information content (AvgIpc) is 2.68. The maximum absolute atomic E-state index is 11.7. The van der Waals surface area contributed by atoms with Crippen LogP contribution in [0.25, 0.3) is 0 Å². The molecular weight excluding hydrogens is 376 g/mol. The quantitative estimate of drug-likeness (QED) is 0.812. The first-order valence-electron chi connectivity index (χ1n) is 10.4. The van der Waals surface area contributed by atoms with Crippen LogP contribution in [0.2, 0.25) is 0 Å². The molecule has 1 amide bonds. The molecule has 0 unspecified atom stereocenters. The van der Waals surface area contributed by atoms with Crippen LogP contribution in [0.5, 0.6) is 0 Å². The number of methoxy groups -OCH3 is 1. The number of fused-ring (bicyclic) bond motifs is 2. The van der Waals surface area contributed by atoms with E-state index in [4.69, 9.17) is 15.2 Å². The van der Waals surface area contributed by atoms with E-state index in [1.807, 2.05) is 19.2 Å². The fourth-order valence-electron chi connectivity index (χ4n) is 5.81. The predicted octanol–water partition coefficient (Wildman–Crippen LogP) is 3.21. The van der Waals surface area contributed by atoms with Crippen LogP contribution in [-0.4, -0.2) is 50.8 Å². The number of ether oxygens (including phenoxy) is 2. The zero-order chi connectivity index (χ0) is 18.9. The Morgan fingerprint density at radius 2 is 1.89 bits per heavy atom. The van der Waals surface area contributed by atoms with E-state index in [1.165, 1.54) is 38.6 Å². The van der Waals surface area contributed by atoms with Gasteiger partial charge in [0.2, 0.25) is 5.91 Å². The van der Waals surface area contributed by atoms with Gasteiger partial charge in [0.1, 0.15) is 5.60 Å². The minimum Gasteiger partial charge on any atom is -0.381 e. The van der Waals surface area contributed by atoms with Gasteiger partial charge >= 0.3 is 0 Å². The number of benzene rings is 1. The third kappa shape index (κ3) is 3.95. The van der Waals surface area contributed by atoms with Crippen LogP contribution in [0.3, 0.4) is 0 Å². The van der Waals surface area contributed by atoms with Crippen LogP contribution in [0.1, 0.15) is 48.0 Å². The largest absolute Gasteiger partial charge is 0.381 e. The average molecular weight is 409 g/mol. The molecule has 3 aliphatic rings. The lowest BCUT2D eigenvalue weighted by atomic mass is 9.62. The molecule has 4 rings (SSSR count). The number of piperidine rings is 1. The Hall–Kier alpha value is -1.14. The highest BCUT2D eigenvalue weighted by Gasteiger charge is 2.53. The van der Waals surface area contributed by atoms with E-state index in [9.17, 15) is 4.79 Å². The number of nitrogens with zero attached hydrogens (tertiary/aromatic N) is 1. The molecule has 0 radical (unpaired) electrons. The van der Waals surface area contributed by atoms with Gasteiger partial charge in [0.15, 0.2) is 0 Å². The van der Waals surface area contributed by atoms with Crippen molar-refractivity contribution >= 4 is 18.3 Å². The first-order valence-corrected chi connectivity index (χ1v) is 10.4. The predicted molar refractivity (Wildman–Crippen MR) is 112 cm³/mol. The van der Waals surface area contributed by atoms with Crippen molar-refractivity contribution in [2.24, 2.45) is 23.5 Å². The second-order valence-corrected chi connectivity index (χ2v) is 8.54. The van der Waals surface area contributed by atoms with Crippen LogP contribution in [0.15, 0.2) is 24.3 Å². The highest BCUT2D eigenvalue weighted by atomic mass is 35.5.